The van der Waals surface area contributed by atoms with Gasteiger partial charge in [0, 0.05) is 11.6 Å². The highest BCUT2D eigenvalue weighted by molar-refractivity contribution is 5.95. The van der Waals surface area contributed by atoms with Gasteiger partial charge >= 0.3 is 0 Å². The van der Waals surface area contributed by atoms with Gasteiger partial charge in [0.05, 0.1) is 24.5 Å². The highest BCUT2D eigenvalue weighted by Gasteiger charge is 2.22. The summed E-state index contributed by atoms with van der Waals surface area (Å²) in [5.74, 6) is 1.62. The summed E-state index contributed by atoms with van der Waals surface area (Å²) in [6.45, 7) is 4.02. The van der Waals surface area contributed by atoms with E-state index in [0.717, 1.165) is 42.7 Å². The number of methoxy groups -OCH3 is 1. The maximum atomic E-state index is 12.5. The van der Waals surface area contributed by atoms with E-state index in [-0.39, 0.29) is 18.1 Å². The van der Waals surface area contributed by atoms with E-state index in [1.165, 1.54) is 0 Å². The quantitative estimate of drug-likeness (QED) is 0.807. The lowest BCUT2D eigenvalue weighted by molar-refractivity contribution is 0.0867. The number of nitrogens with one attached hydrogen (secondary N) is 1. The van der Waals surface area contributed by atoms with Gasteiger partial charge in [-0.25, -0.2) is 0 Å². The average Bonchev–Trinajstić information content (AvgIpc) is 2.99. The fourth-order valence-electron chi connectivity index (χ4n) is 3.27. The van der Waals surface area contributed by atoms with Crippen LogP contribution in [0.15, 0.2) is 22.7 Å². The molecule has 2 aromatic rings. The van der Waals surface area contributed by atoms with Crippen molar-refractivity contribution in [1.82, 2.24) is 10.5 Å². The molecule has 1 heterocycles. The Bertz CT molecular complexity index is 774. The van der Waals surface area contributed by atoms with Crippen molar-refractivity contribution in [2.24, 2.45) is 0 Å². The number of carbonyl (C=O) groups excluding carboxylic acids is 1. The Kier molecular flexibility index (Phi) is 6.01. The van der Waals surface area contributed by atoms with Gasteiger partial charge in [-0.15, -0.1) is 0 Å². The molecule has 3 rings (SSSR count). The third-order valence-electron chi connectivity index (χ3n) is 5.01. The molecule has 1 saturated carbocycles. The molecule has 1 aromatic heterocycles. The summed E-state index contributed by atoms with van der Waals surface area (Å²) in [6, 6.07) is 5.23. The molecule has 1 fully saturated rings. The number of benzene rings is 1. The second-order valence-corrected chi connectivity index (χ2v) is 6.94. The van der Waals surface area contributed by atoms with Crippen LogP contribution in [0.4, 0.5) is 0 Å². The number of aromatic nitrogens is 1. The molecule has 146 valence electrons. The monoisotopic (exact) mass is 374 g/mol. The Morgan fingerprint density at radius 3 is 2.63 bits per heavy atom. The number of carbonyl (C=O) groups is 1. The van der Waals surface area contributed by atoms with E-state index in [4.69, 9.17) is 14.0 Å². The smallest absolute Gasteiger partial charge is 0.251 e. The van der Waals surface area contributed by atoms with Crippen LogP contribution in [0.2, 0.25) is 0 Å². The SMILES string of the molecule is COc1cc(C(=O)NC2CCC(O)CC2)ccc1OCc1c(C)noc1C. The third kappa shape index (κ3) is 4.60. The molecule has 0 atom stereocenters. The predicted molar refractivity (Wildman–Crippen MR) is 99.0 cm³/mol. The van der Waals surface area contributed by atoms with E-state index in [1.54, 1.807) is 25.3 Å². The number of hydrogen-bond donors (Lipinski definition) is 2. The molecule has 2 N–H and O–H groups in total. The lowest BCUT2D eigenvalue weighted by Crippen LogP contribution is -2.38. The summed E-state index contributed by atoms with van der Waals surface area (Å²) in [5.41, 5.74) is 2.21. The molecule has 1 aliphatic rings. The number of rotatable bonds is 6. The molecular weight excluding hydrogens is 348 g/mol. The van der Waals surface area contributed by atoms with Gasteiger partial charge in [0.1, 0.15) is 12.4 Å². The summed E-state index contributed by atoms with van der Waals surface area (Å²) in [4.78, 5) is 12.5. The van der Waals surface area contributed by atoms with Crippen LogP contribution in [-0.4, -0.2) is 35.4 Å². The topological polar surface area (TPSA) is 93.8 Å². The van der Waals surface area contributed by atoms with Crippen molar-refractivity contribution in [3.05, 3.63) is 40.8 Å². The molecule has 0 spiro atoms. The molecule has 27 heavy (non-hydrogen) atoms. The average molecular weight is 374 g/mol. The van der Waals surface area contributed by atoms with Crippen molar-refractivity contribution < 1.29 is 23.9 Å². The number of aliphatic hydroxyl groups is 1. The number of aliphatic hydroxyl groups excluding tert-OH is 1. The standard InChI is InChI=1S/C20H26N2O5/c1-12-17(13(2)27-22-12)11-26-18-9-4-14(10-19(18)25-3)20(24)21-15-5-7-16(23)8-6-15/h4,9-10,15-16,23H,5-8,11H2,1-3H3,(H,21,24). The van der Waals surface area contributed by atoms with Crippen molar-refractivity contribution in [2.45, 2.75) is 58.3 Å². The third-order valence-corrected chi connectivity index (χ3v) is 5.01. The van der Waals surface area contributed by atoms with Gasteiger partial charge in [0.25, 0.3) is 5.91 Å². The molecule has 1 aromatic carbocycles. The Labute approximate surface area is 158 Å². The Morgan fingerprint density at radius 1 is 1.26 bits per heavy atom. The highest BCUT2D eigenvalue weighted by Crippen LogP contribution is 2.30. The molecule has 0 radical (unpaired) electrons. The molecule has 1 amide bonds. The Hall–Kier alpha value is -2.54. The zero-order valence-corrected chi connectivity index (χ0v) is 15.9. The van der Waals surface area contributed by atoms with Crippen molar-refractivity contribution >= 4 is 5.91 Å². The highest BCUT2D eigenvalue weighted by atomic mass is 16.5. The zero-order valence-electron chi connectivity index (χ0n) is 15.9. The van der Waals surface area contributed by atoms with Crippen LogP contribution in [0.5, 0.6) is 11.5 Å². The van der Waals surface area contributed by atoms with E-state index < -0.39 is 0 Å². The summed E-state index contributed by atoms with van der Waals surface area (Å²) in [7, 11) is 1.54. The normalized spacial score (nSPS) is 19.6. The zero-order chi connectivity index (χ0) is 19.4. The van der Waals surface area contributed by atoms with Crippen LogP contribution in [0.1, 0.15) is 53.1 Å². The molecule has 7 nitrogen and oxygen atoms in total. The van der Waals surface area contributed by atoms with Gasteiger partial charge in [0.15, 0.2) is 11.5 Å². The number of aryl methyl sites for hydroxylation is 2. The maximum absolute atomic E-state index is 12.5. The first kappa shape index (κ1) is 19.2. The van der Waals surface area contributed by atoms with Crippen molar-refractivity contribution in [1.29, 1.82) is 0 Å². The summed E-state index contributed by atoms with van der Waals surface area (Å²) < 4.78 is 16.4. The maximum Gasteiger partial charge on any atom is 0.251 e. The van der Waals surface area contributed by atoms with Crippen molar-refractivity contribution in [3.8, 4) is 11.5 Å². The fourth-order valence-corrected chi connectivity index (χ4v) is 3.27. The second-order valence-electron chi connectivity index (χ2n) is 6.94. The van der Waals surface area contributed by atoms with Crippen molar-refractivity contribution in [3.63, 3.8) is 0 Å². The summed E-state index contributed by atoms with van der Waals surface area (Å²) in [6.07, 6.45) is 2.80. The predicted octanol–water partition coefficient (Wildman–Crippen LogP) is 2.91. The number of amides is 1. The Balaban J connectivity index is 1.65. The van der Waals surface area contributed by atoms with Gasteiger partial charge in [-0.3, -0.25) is 4.79 Å². The largest absolute Gasteiger partial charge is 0.493 e. The number of ether oxygens (including phenoxy) is 2. The molecular formula is C20H26N2O5. The first-order valence-electron chi connectivity index (χ1n) is 9.19. The first-order valence-corrected chi connectivity index (χ1v) is 9.19. The van der Waals surface area contributed by atoms with Crippen LogP contribution >= 0.6 is 0 Å². The van der Waals surface area contributed by atoms with Gasteiger partial charge < -0.3 is 24.4 Å². The lowest BCUT2D eigenvalue weighted by atomic mass is 9.93. The van der Waals surface area contributed by atoms with Gasteiger partial charge in [0.2, 0.25) is 0 Å². The van der Waals surface area contributed by atoms with E-state index in [1.807, 2.05) is 13.8 Å². The molecule has 7 heteroatoms. The van der Waals surface area contributed by atoms with Crippen molar-refractivity contribution in [2.75, 3.05) is 7.11 Å². The molecule has 1 aliphatic carbocycles. The van der Waals surface area contributed by atoms with Gasteiger partial charge in [-0.2, -0.15) is 0 Å². The van der Waals surface area contributed by atoms with Crippen LogP contribution < -0.4 is 14.8 Å². The fraction of sp³-hybridized carbons (Fsp3) is 0.500. The summed E-state index contributed by atoms with van der Waals surface area (Å²) in [5, 5.41) is 16.5. The van der Waals surface area contributed by atoms with Crippen LogP contribution in [0, 0.1) is 13.8 Å². The Morgan fingerprint density at radius 2 is 2.00 bits per heavy atom. The van der Waals surface area contributed by atoms with E-state index >= 15 is 0 Å². The molecule has 0 saturated heterocycles. The van der Waals surface area contributed by atoms with E-state index in [2.05, 4.69) is 10.5 Å². The van der Waals surface area contributed by atoms with Gasteiger partial charge in [-0.1, -0.05) is 5.16 Å². The molecule has 0 bridgehead atoms. The lowest BCUT2D eigenvalue weighted by Gasteiger charge is -2.26. The second kappa shape index (κ2) is 8.43. The van der Waals surface area contributed by atoms with Crippen LogP contribution in [0.3, 0.4) is 0 Å². The van der Waals surface area contributed by atoms with Crippen LogP contribution in [0.25, 0.3) is 0 Å². The molecule has 0 unspecified atom stereocenters. The summed E-state index contributed by atoms with van der Waals surface area (Å²) >= 11 is 0. The first-order chi connectivity index (χ1) is 13.0. The number of hydrogen-bond acceptors (Lipinski definition) is 6. The minimum Gasteiger partial charge on any atom is -0.493 e. The minimum absolute atomic E-state index is 0.0994. The van der Waals surface area contributed by atoms with Crippen LogP contribution in [-0.2, 0) is 6.61 Å². The molecule has 0 aliphatic heterocycles. The number of nitrogens with zero attached hydrogens (tertiary/aromatic N) is 1. The van der Waals surface area contributed by atoms with E-state index in [0.29, 0.717) is 23.7 Å². The van der Waals surface area contributed by atoms with E-state index in [9.17, 15) is 9.90 Å². The van der Waals surface area contributed by atoms with Gasteiger partial charge in [-0.05, 0) is 57.7 Å². The minimum atomic E-state index is -0.243.